The van der Waals surface area contributed by atoms with E-state index in [0.29, 0.717) is 5.89 Å². The van der Waals surface area contributed by atoms with Gasteiger partial charge < -0.3 is 4.42 Å². The molecule has 0 bridgehead atoms. The Morgan fingerprint density at radius 2 is 2.15 bits per heavy atom. The average Bonchev–Trinajstić information content (AvgIpc) is 2.48. The summed E-state index contributed by atoms with van der Waals surface area (Å²) in [4.78, 5) is 3.88. The van der Waals surface area contributed by atoms with Crippen LogP contribution in [0.5, 0.6) is 0 Å². The van der Waals surface area contributed by atoms with Crippen molar-refractivity contribution in [3.8, 4) is 11.8 Å². The number of alkyl halides is 2. The fraction of sp³-hybridized carbons (Fsp3) is 0.444. The second-order valence-electron chi connectivity index (χ2n) is 2.79. The van der Waals surface area contributed by atoms with Crippen LogP contribution in [0.15, 0.2) is 10.6 Å². The zero-order chi connectivity index (χ0) is 9.84. The van der Waals surface area contributed by atoms with Crippen LogP contribution in [0.3, 0.4) is 0 Å². The Morgan fingerprint density at radius 1 is 1.46 bits per heavy atom. The Morgan fingerprint density at radius 3 is 2.62 bits per heavy atom. The van der Waals surface area contributed by atoms with Crippen LogP contribution in [0.1, 0.15) is 31.4 Å². The van der Waals surface area contributed by atoms with Gasteiger partial charge in [-0.15, -0.1) is 0 Å². The van der Waals surface area contributed by atoms with Crippen molar-refractivity contribution in [2.24, 2.45) is 0 Å². The lowest BCUT2D eigenvalue weighted by Crippen LogP contribution is -1.84. The minimum absolute atomic E-state index is 0.141. The van der Waals surface area contributed by atoms with Gasteiger partial charge in [0.25, 0.3) is 6.43 Å². The van der Waals surface area contributed by atoms with Crippen LogP contribution in [-0.4, -0.2) is 11.4 Å². The molecule has 0 saturated heterocycles. The van der Waals surface area contributed by atoms with Gasteiger partial charge in [-0.25, -0.2) is 4.98 Å². The summed E-state index contributed by atoms with van der Waals surface area (Å²) in [7, 11) is 0. The summed E-state index contributed by atoms with van der Waals surface area (Å²) in [5.41, 5.74) is 0. The molecule has 0 spiro atoms. The van der Waals surface area contributed by atoms with Crippen molar-refractivity contribution in [1.82, 2.24) is 4.98 Å². The lowest BCUT2D eigenvalue weighted by atomic mass is 10.2. The van der Waals surface area contributed by atoms with E-state index in [2.05, 4.69) is 10.9 Å². The molecular weight excluding hydrogens is 176 g/mol. The van der Waals surface area contributed by atoms with Crippen LogP contribution in [0.25, 0.3) is 0 Å². The molecule has 1 rings (SSSR count). The van der Waals surface area contributed by atoms with Gasteiger partial charge in [0.05, 0.1) is 6.20 Å². The molecule has 0 aliphatic heterocycles. The van der Waals surface area contributed by atoms with Gasteiger partial charge in [0.2, 0.25) is 0 Å². The molecule has 0 atom stereocenters. The van der Waals surface area contributed by atoms with E-state index in [1.807, 2.05) is 13.8 Å². The van der Waals surface area contributed by atoms with Gasteiger partial charge in [0.15, 0.2) is 11.7 Å². The van der Waals surface area contributed by atoms with Crippen molar-refractivity contribution in [2.45, 2.75) is 26.2 Å². The monoisotopic (exact) mass is 185 g/mol. The molecule has 1 aromatic heterocycles. The third-order valence-corrected chi connectivity index (χ3v) is 1.32. The first-order chi connectivity index (χ1) is 6.09. The molecule has 4 heteroatoms. The highest BCUT2D eigenvalue weighted by Gasteiger charge is 2.05. The van der Waals surface area contributed by atoms with E-state index in [0.717, 1.165) is 0 Å². The number of halogens is 2. The zero-order valence-electron chi connectivity index (χ0n) is 7.34. The molecule has 13 heavy (non-hydrogen) atoms. The maximum absolute atomic E-state index is 11.7. The van der Waals surface area contributed by atoms with Crippen LogP contribution in [0.4, 0.5) is 8.78 Å². The first-order valence-corrected chi connectivity index (χ1v) is 3.85. The highest BCUT2D eigenvalue weighted by atomic mass is 19.3. The van der Waals surface area contributed by atoms with Crippen molar-refractivity contribution in [3.63, 3.8) is 0 Å². The van der Waals surface area contributed by atoms with Crippen molar-refractivity contribution in [3.05, 3.63) is 17.8 Å². The van der Waals surface area contributed by atoms with Crippen molar-refractivity contribution < 1.29 is 13.2 Å². The summed E-state index contributed by atoms with van der Waals surface area (Å²) in [6.07, 6.45) is -1.28. The van der Waals surface area contributed by atoms with Crippen LogP contribution in [-0.2, 0) is 0 Å². The lowest BCUT2D eigenvalue weighted by Gasteiger charge is -1.93. The minimum Gasteiger partial charge on any atom is -0.432 e. The summed E-state index contributed by atoms with van der Waals surface area (Å²) in [6.45, 7) is 3.80. The largest absolute Gasteiger partial charge is 0.432 e. The summed E-state index contributed by atoms with van der Waals surface area (Å²) in [5, 5.41) is 0. The second kappa shape index (κ2) is 4.04. The number of aromatic nitrogens is 1. The van der Waals surface area contributed by atoms with Gasteiger partial charge in [-0.1, -0.05) is 13.8 Å². The Hall–Kier alpha value is -1.37. The lowest BCUT2D eigenvalue weighted by molar-refractivity contribution is 0.215. The van der Waals surface area contributed by atoms with Crippen molar-refractivity contribution >= 4 is 0 Å². The van der Waals surface area contributed by atoms with Gasteiger partial charge in [0.1, 0.15) is 0 Å². The Labute approximate surface area is 75.0 Å². The quantitative estimate of drug-likeness (QED) is 0.628. The predicted molar refractivity (Wildman–Crippen MR) is 43.5 cm³/mol. The minimum atomic E-state index is -2.63. The van der Waals surface area contributed by atoms with E-state index >= 15 is 0 Å². The molecule has 0 radical (unpaired) electrons. The molecule has 0 N–H and O–H groups in total. The maximum Gasteiger partial charge on any atom is 0.299 e. The highest BCUT2D eigenvalue weighted by molar-refractivity contribution is 5.23. The van der Waals surface area contributed by atoms with Gasteiger partial charge >= 0.3 is 0 Å². The number of rotatable bonds is 1. The molecule has 0 aliphatic rings. The Kier molecular flexibility index (Phi) is 3.02. The predicted octanol–water partition coefficient (Wildman–Crippen LogP) is 2.41. The summed E-state index contributed by atoms with van der Waals surface area (Å²) < 4.78 is 28.4. The standard InChI is InChI=1S/C9H9F2NO/c1-6(2)9-12-5-7(13-9)3-4-8(10)11/h5-6,8H,1-2H3. The number of nitrogens with zero attached hydrogens (tertiary/aromatic N) is 1. The van der Waals surface area contributed by atoms with E-state index in [4.69, 9.17) is 4.42 Å². The molecule has 2 nitrogen and oxygen atoms in total. The Balaban J connectivity index is 2.77. The molecule has 0 aromatic carbocycles. The molecule has 70 valence electrons. The van der Waals surface area contributed by atoms with Gasteiger partial charge in [0, 0.05) is 5.92 Å². The summed E-state index contributed by atoms with van der Waals surface area (Å²) in [5.74, 6) is 4.72. The van der Waals surface area contributed by atoms with E-state index in [1.54, 1.807) is 5.92 Å². The fourth-order valence-corrected chi connectivity index (χ4v) is 0.738. The van der Waals surface area contributed by atoms with Crippen LogP contribution in [0, 0.1) is 11.8 Å². The highest BCUT2D eigenvalue weighted by Crippen LogP contribution is 2.13. The molecule has 0 amide bonds. The maximum atomic E-state index is 11.7. The number of hydrogen-bond acceptors (Lipinski definition) is 2. The first kappa shape index (κ1) is 9.72. The third kappa shape index (κ3) is 2.86. The average molecular weight is 185 g/mol. The zero-order valence-corrected chi connectivity index (χ0v) is 7.34. The SMILES string of the molecule is CC(C)c1ncc(C#CC(F)F)o1. The van der Waals surface area contributed by atoms with Crippen molar-refractivity contribution in [2.75, 3.05) is 0 Å². The number of hydrogen-bond donors (Lipinski definition) is 0. The van der Waals surface area contributed by atoms with E-state index in [1.165, 1.54) is 6.20 Å². The normalized spacial score (nSPS) is 10.3. The Bertz CT molecular complexity index is 333. The summed E-state index contributed by atoms with van der Waals surface area (Å²) in [6, 6.07) is 0. The third-order valence-electron chi connectivity index (χ3n) is 1.32. The molecule has 1 heterocycles. The van der Waals surface area contributed by atoms with Crippen LogP contribution in [0.2, 0.25) is 0 Å². The molecule has 0 aliphatic carbocycles. The van der Waals surface area contributed by atoms with Crippen LogP contribution >= 0.6 is 0 Å². The topological polar surface area (TPSA) is 26.0 Å². The van der Waals surface area contributed by atoms with Gasteiger partial charge in [-0.2, -0.15) is 8.78 Å². The summed E-state index contributed by atoms with van der Waals surface area (Å²) >= 11 is 0. The second-order valence-corrected chi connectivity index (χ2v) is 2.79. The van der Waals surface area contributed by atoms with E-state index in [9.17, 15) is 8.78 Å². The van der Waals surface area contributed by atoms with Gasteiger partial charge in [-0.05, 0) is 11.8 Å². The molecule has 1 aromatic rings. The molecular formula is C9H9F2NO. The van der Waals surface area contributed by atoms with Crippen molar-refractivity contribution in [1.29, 1.82) is 0 Å². The first-order valence-electron chi connectivity index (χ1n) is 3.85. The molecule has 0 unspecified atom stereocenters. The van der Waals surface area contributed by atoms with E-state index in [-0.39, 0.29) is 11.7 Å². The molecule has 0 saturated carbocycles. The van der Waals surface area contributed by atoms with Gasteiger partial charge in [-0.3, -0.25) is 0 Å². The smallest absolute Gasteiger partial charge is 0.299 e. The number of oxazole rings is 1. The van der Waals surface area contributed by atoms with Crippen LogP contribution < -0.4 is 0 Å². The fourth-order valence-electron chi connectivity index (χ4n) is 0.738. The van der Waals surface area contributed by atoms with E-state index < -0.39 is 6.43 Å². The molecule has 0 fully saturated rings.